The van der Waals surface area contributed by atoms with Crippen LogP contribution in [0, 0.1) is 5.82 Å². The molecule has 0 aromatic heterocycles. The lowest BCUT2D eigenvalue weighted by Crippen LogP contribution is -2.37. The number of halogens is 1. The molecule has 0 saturated carbocycles. The van der Waals surface area contributed by atoms with Crippen molar-refractivity contribution in [1.29, 1.82) is 0 Å². The molecule has 1 fully saturated rings. The standard InChI is InChI=1S/C12H17FN2O/c1-9(14)11-8-10(13)2-3-12(11)15-4-6-16-7-5-15/h2-3,8-9H,4-7,14H2,1H3. The predicted octanol–water partition coefficient (Wildman–Crippen LogP) is 1.68. The molecule has 1 aromatic rings. The summed E-state index contributed by atoms with van der Waals surface area (Å²) in [6.45, 7) is 4.99. The Balaban J connectivity index is 2.31. The van der Waals surface area contributed by atoms with Crippen LogP contribution in [0.15, 0.2) is 18.2 Å². The largest absolute Gasteiger partial charge is 0.378 e. The summed E-state index contributed by atoms with van der Waals surface area (Å²) in [6, 6.07) is 4.65. The van der Waals surface area contributed by atoms with Gasteiger partial charge in [0.15, 0.2) is 0 Å². The molecular weight excluding hydrogens is 207 g/mol. The summed E-state index contributed by atoms with van der Waals surface area (Å²) < 4.78 is 18.5. The molecule has 1 saturated heterocycles. The lowest BCUT2D eigenvalue weighted by molar-refractivity contribution is 0.122. The van der Waals surface area contributed by atoms with Gasteiger partial charge in [0.25, 0.3) is 0 Å². The molecule has 0 bridgehead atoms. The van der Waals surface area contributed by atoms with Crippen LogP contribution in [0.5, 0.6) is 0 Å². The van der Waals surface area contributed by atoms with Crippen molar-refractivity contribution < 1.29 is 9.13 Å². The van der Waals surface area contributed by atoms with E-state index in [-0.39, 0.29) is 11.9 Å². The summed E-state index contributed by atoms with van der Waals surface area (Å²) in [5.41, 5.74) is 7.76. The number of rotatable bonds is 2. The Morgan fingerprint density at radius 2 is 2.06 bits per heavy atom. The van der Waals surface area contributed by atoms with E-state index in [0.29, 0.717) is 0 Å². The number of hydrogen-bond donors (Lipinski definition) is 1. The second-order valence-corrected chi connectivity index (χ2v) is 4.09. The van der Waals surface area contributed by atoms with E-state index in [0.717, 1.165) is 37.6 Å². The van der Waals surface area contributed by atoms with Crippen molar-refractivity contribution in [2.24, 2.45) is 5.73 Å². The minimum absolute atomic E-state index is 0.159. The molecule has 0 aliphatic carbocycles. The molecule has 1 aromatic carbocycles. The number of morpholine rings is 1. The number of benzene rings is 1. The summed E-state index contributed by atoms with van der Waals surface area (Å²) in [5.74, 6) is -0.232. The number of hydrogen-bond acceptors (Lipinski definition) is 3. The molecule has 1 unspecified atom stereocenters. The first kappa shape index (κ1) is 11.4. The first-order chi connectivity index (χ1) is 7.68. The molecule has 1 aliphatic rings. The third-order valence-corrected chi connectivity index (χ3v) is 2.83. The Kier molecular flexibility index (Phi) is 3.41. The van der Waals surface area contributed by atoms with Gasteiger partial charge >= 0.3 is 0 Å². The molecule has 2 N–H and O–H groups in total. The fourth-order valence-corrected chi connectivity index (χ4v) is 1.98. The average Bonchev–Trinajstić information content (AvgIpc) is 2.30. The molecule has 16 heavy (non-hydrogen) atoms. The second-order valence-electron chi connectivity index (χ2n) is 4.09. The first-order valence-electron chi connectivity index (χ1n) is 5.56. The lowest BCUT2D eigenvalue weighted by atomic mass is 10.1. The highest BCUT2D eigenvalue weighted by atomic mass is 19.1. The molecule has 0 radical (unpaired) electrons. The second kappa shape index (κ2) is 4.80. The average molecular weight is 224 g/mol. The molecular formula is C12H17FN2O. The monoisotopic (exact) mass is 224 g/mol. The zero-order valence-corrected chi connectivity index (χ0v) is 9.45. The fourth-order valence-electron chi connectivity index (χ4n) is 1.98. The maximum Gasteiger partial charge on any atom is 0.123 e. The Hall–Kier alpha value is -1.13. The van der Waals surface area contributed by atoms with Crippen molar-refractivity contribution in [2.75, 3.05) is 31.2 Å². The van der Waals surface area contributed by atoms with Crippen LogP contribution in [0.2, 0.25) is 0 Å². The Morgan fingerprint density at radius 3 is 2.69 bits per heavy atom. The summed E-state index contributed by atoms with van der Waals surface area (Å²) in [5, 5.41) is 0. The van der Waals surface area contributed by atoms with E-state index in [1.54, 1.807) is 6.07 Å². The van der Waals surface area contributed by atoms with Crippen molar-refractivity contribution >= 4 is 5.69 Å². The van der Waals surface area contributed by atoms with E-state index in [1.807, 2.05) is 6.92 Å². The molecule has 1 aliphatic heterocycles. The highest BCUT2D eigenvalue weighted by Gasteiger charge is 2.16. The Morgan fingerprint density at radius 1 is 1.38 bits per heavy atom. The number of anilines is 1. The van der Waals surface area contributed by atoms with Gasteiger partial charge in [0.2, 0.25) is 0 Å². The third kappa shape index (κ3) is 2.33. The topological polar surface area (TPSA) is 38.5 Å². The van der Waals surface area contributed by atoms with Gasteiger partial charge in [0.1, 0.15) is 5.82 Å². The van der Waals surface area contributed by atoms with Gasteiger partial charge in [-0.2, -0.15) is 0 Å². The van der Waals surface area contributed by atoms with E-state index in [1.165, 1.54) is 12.1 Å². The lowest BCUT2D eigenvalue weighted by Gasteiger charge is -2.31. The maximum absolute atomic E-state index is 13.2. The van der Waals surface area contributed by atoms with Crippen LogP contribution >= 0.6 is 0 Å². The summed E-state index contributed by atoms with van der Waals surface area (Å²) >= 11 is 0. The molecule has 88 valence electrons. The Labute approximate surface area is 95.0 Å². The number of ether oxygens (including phenoxy) is 1. The first-order valence-corrected chi connectivity index (χ1v) is 5.56. The molecule has 0 spiro atoms. The van der Waals surface area contributed by atoms with Crippen LogP contribution in [0.3, 0.4) is 0 Å². The molecule has 1 atom stereocenters. The number of nitrogens with zero attached hydrogens (tertiary/aromatic N) is 1. The number of nitrogens with two attached hydrogens (primary N) is 1. The van der Waals surface area contributed by atoms with Crippen molar-refractivity contribution in [3.8, 4) is 0 Å². The molecule has 0 amide bonds. The molecule has 2 rings (SSSR count). The fraction of sp³-hybridized carbons (Fsp3) is 0.500. The van der Waals surface area contributed by atoms with Crippen LogP contribution in [0.4, 0.5) is 10.1 Å². The van der Waals surface area contributed by atoms with Gasteiger partial charge in [-0.15, -0.1) is 0 Å². The Bertz CT molecular complexity index is 362. The van der Waals surface area contributed by atoms with Gasteiger partial charge in [-0.05, 0) is 30.7 Å². The van der Waals surface area contributed by atoms with E-state index >= 15 is 0 Å². The highest BCUT2D eigenvalue weighted by Crippen LogP contribution is 2.26. The van der Waals surface area contributed by atoms with E-state index < -0.39 is 0 Å². The summed E-state index contributed by atoms with van der Waals surface area (Å²) in [7, 11) is 0. The van der Waals surface area contributed by atoms with Gasteiger partial charge < -0.3 is 15.4 Å². The quantitative estimate of drug-likeness (QED) is 0.830. The van der Waals surface area contributed by atoms with Gasteiger partial charge in [-0.25, -0.2) is 4.39 Å². The van der Waals surface area contributed by atoms with E-state index in [4.69, 9.17) is 10.5 Å². The minimum Gasteiger partial charge on any atom is -0.378 e. The van der Waals surface area contributed by atoms with Crippen molar-refractivity contribution in [3.05, 3.63) is 29.6 Å². The summed E-state index contributed by atoms with van der Waals surface area (Å²) in [6.07, 6.45) is 0. The van der Waals surface area contributed by atoms with E-state index in [9.17, 15) is 4.39 Å². The zero-order chi connectivity index (χ0) is 11.5. The third-order valence-electron chi connectivity index (χ3n) is 2.83. The smallest absolute Gasteiger partial charge is 0.123 e. The van der Waals surface area contributed by atoms with Gasteiger partial charge in [-0.1, -0.05) is 0 Å². The van der Waals surface area contributed by atoms with Gasteiger partial charge in [0, 0.05) is 24.8 Å². The summed E-state index contributed by atoms with van der Waals surface area (Å²) in [4.78, 5) is 2.20. The SMILES string of the molecule is CC(N)c1cc(F)ccc1N1CCOCC1. The van der Waals surface area contributed by atoms with Crippen LogP contribution in [-0.2, 0) is 4.74 Å². The highest BCUT2D eigenvalue weighted by molar-refractivity contribution is 5.55. The maximum atomic E-state index is 13.2. The van der Waals surface area contributed by atoms with Crippen LogP contribution in [0.25, 0.3) is 0 Å². The van der Waals surface area contributed by atoms with Crippen LogP contribution < -0.4 is 10.6 Å². The zero-order valence-electron chi connectivity index (χ0n) is 9.45. The molecule has 4 heteroatoms. The van der Waals surface area contributed by atoms with Crippen LogP contribution in [0.1, 0.15) is 18.5 Å². The van der Waals surface area contributed by atoms with Gasteiger partial charge in [-0.3, -0.25) is 0 Å². The van der Waals surface area contributed by atoms with Crippen molar-refractivity contribution in [3.63, 3.8) is 0 Å². The predicted molar refractivity (Wildman–Crippen MR) is 62.0 cm³/mol. The van der Waals surface area contributed by atoms with Crippen molar-refractivity contribution in [2.45, 2.75) is 13.0 Å². The normalized spacial score (nSPS) is 18.6. The van der Waals surface area contributed by atoms with E-state index in [2.05, 4.69) is 4.90 Å². The van der Waals surface area contributed by atoms with Crippen molar-refractivity contribution in [1.82, 2.24) is 0 Å². The minimum atomic E-state index is -0.232. The molecule has 3 nitrogen and oxygen atoms in total. The van der Waals surface area contributed by atoms with Crippen LogP contribution in [-0.4, -0.2) is 26.3 Å². The molecule has 1 heterocycles. The van der Waals surface area contributed by atoms with Gasteiger partial charge in [0.05, 0.1) is 13.2 Å².